The molecule has 0 aliphatic carbocycles. The lowest BCUT2D eigenvalue weighted by atomic mass is 10.3. The third kappa shape index (κ3) is 1.83. The van der Waals surface area contributed by atoms with Crippen LogP contribution >= 0.6 is 73.7 Å². The zero-order valence-corrected chi connectivity index (χ0v) is 10.6. The van der Waals surface area contributed by atoms with Crippen LogP contribution in [-0.4, -0.2) is 0 Å². The molecule has 6 heteroatoms. The van der Waals surface area contributed by atoms with E-state index in [1.165, 1.54) is 0 Å². The molecular weight excluding hydrogens is 271 g/mol. The van der Waals surface area contributed by atoms with Gasteiger partial charge in [0.25, 0.3) is 0 Å². The third-order valence-electron chi connectivity index (χ3n) is 1.28. The summed E-state index contributed by atoms with van der Waals surface area (Å²) in [6.45, 7) is 0. The van der Waals surface area contributed by atoms with Crippen molar-refractivity contribution in [3.63, 3.8) is 0 Å². The predicted molar refractivity (Wildman–Crippen MR) is 65.5 cm³/mol. The molecule has 0 amide bonds. The molecule has 0 radical (unpaired) electrons. The van der Waals surface area contributed by atoms with Crippen molar-refractivity contribution in [1.82, 2.24) is 0 Å². The van der Waals surface area contributed by atoms with Crippen molar-refractivity contribution < 1.29 is 0 Å². The van der Waals surface area contributed by atoms with Crippen molar-refractivity contribution in [3.05, 3.63) is 10.0 Å². The van der Waals surface area contributed by atoms with E-state index in [1.54, 1.807) is 0 Å². The van der Waals surface area contributed by atoms with Crippen LogP contribution in [0.5, 0.6) is 0 Å². The SMILES string of the molecule is Sc1c(S)c(Cl)c(S)c(S)c1Cl. The average molecular weight is 275 g/mol. The van der Waals surface area contributed by atoms with Crippen molar-refractivity contribution in [2.45, 2.75) is 19.6 Å². The maximum atomic E-state index is 5.85. The smallest absolute Gasteiger partial charge is 0.0696 e. The summed E-state index contributed by atoms with van der Waals surface area (Å²) in [4.78, 5) is 2.08. The summed E-state index contributed by atoms with van der Waals surface area (Å²) in [6.07, 6.45) is 0. The molecule has 0 atom stereocenters. The van der Waals surface area contributed by atoms with Gasteiger partial charge in [0, 0.05) is 19.6 Å². The van der Waals surface area contributed by atoms with Crippen molar-refractivity contribution in [1.29, 1.82) is 0 Å². The van der Waals surface area contributed by atoms with Crippen LogP contribution in [0.2, 0.25) is 10.0 Å². The van der Waals surface area contributed by atoms with Gasteiger partial charge in [-0.2, -0.15) is 0 Å². The number of halogens is 2. The molecule has 0 aliphatic rings. The highest BCUT2D eigenvalue weighted by Gasteiger charge is 2.13. The second-order valence-corrected chi connectivity index (χ2v) is 4.57. The summed E-state index contributed by atoms with van der Waals surface area (Å²) in [6, 6.07) is 0. The Morgan fingerprint density at radius 3 is 0.917 bits per heavy atom. The molecule has 1 aromatic rings. The Balaban J connectivity index is 3.60. The highest BCUT2D eigenvalue weighted by atomic mass is 35.5. The van der Waals surface area contributed by atoms with Gasteiger partial charge in [0.1, 0.15) is 0 Å². The molecule has 0 N–H and O–H groups in total. The molecule has 0 fully saturated rings. The molecule has 0 heterocycles. The lowest BCUT2D eigenvalue weighted by molar-refractivity contribution is 1.11. The first-order chi connectivity index (χ1) is 5.46. The first-order valence-corrected chi connectivity index (χ1v) is 5.32. The molecule has 12 heavy (non-hydrogen) atoms. The molecule has 0 nitrogen and oxygen atoms in total. The number of thiol groups is 4. The number of benzene rings is 1. The third-order valence-corrected chi connectivity index (χ3v) is 4.70. The highest BCUT2D eigenvalue weighted by Crippen LogP contribution is 2.42. The molecule has 0 aromatic heterocycles. The van der Waals surface area contributed by atoms with Crippen LogP contribution in [0.15, 0.2) is 19.6 Å². The molecule has 1 aromatic carbocycles. The lowest BCUT2D eigenvalue weighted by Crippen LogP contribution is -1.83. The van der Waals surface area contributed by atoms with Crippen LogP contribution in [-0.2, 0) is 0 Å². The van der Waals surface area contributed by atoms with Crippen LogP contribution in [0.1, 0.15) is 0 Å². The van der Waals surface area contributed by atoms with Crippen LogP contribution in [0, 0.1) is 0 Å². The fourth-order valence-corrected chi connectivity index (χ4v) is 2.35. The van der Waals surface area contributed by atoms with Gasteiger partial charge in [-0.3, -0.25) is 0 Å². The first-order valence-electron chi connectivity index (χ1n) is 2.77. The van der Waals surface area contributed by atoms with Crippen molar-refractivity contribution in [2.75, 3.05) is 0 Å². The Kier molecular flexibility index (Phi) is 3.90. The first kappa shape index (κ1) is 11.3. The van der Waals surface area contributed by atoms with E-state index in [9.17, 15) is 0 Å². The molecule has 0 saturated carbocycles. The van der Waals surface area contributed by atoms with E-state index in [0.717, 1.165) is 0 Å². The number of hydrogen-bond acceptors (Lipinski definition) is 4. The predicted octanol–water partition coefficient (Wildman–Crippen LogP) is 4.15. The molecule has 0 saturated heterocycles. The van der Waals surface area contributed by atoms with Gasteiger partial charge in [-0.05, 0) is 0 Å². The van der Waals surface area contributed by atoms with Gasteiger partial charge in [-0.25, -0.2) is 0 Å². The van der Waals surface area contributed by atoms with Gasteiger partial charge in [-0.1, -0.05) is 23.2 Å². The fourth-order valence-electron chi connectivity index (χ4n) is 0.640. The summed E-state index contributed by atoms with van der Waals surface area (Å²) >= 11 is 28.2. The maximum Gasteiger partial charge on any atom is 0.0696 e. The lowest BCUT2D eigenvalue weighted by Gasteiger charge is -2.09. The largest absolute Gasteiger partial charge is 0.141 e. The second-order valence-electron chi connectivity index (χ2n) is 2.02. The average Bonchev–Trinajstić information content (AvgIpc) is 2.08. The van der Waals surface area contributed by atoms with E-state index in [0.29, 0.717) is 29.6 Å². The molecule has 0 bridgehead atoms. The Bertz CT molecular complexity index is 232. The monoisotopic (exact) mass is 274 g/mol. The van der Waals surface area contributed by atoms with Gasteiger partial charge in [0.2, 0.25) is 0 Å². The Morgan fingerprint density at radius 1 is 0.583 bits per heavy atom. The van der Waals surface area contributed by atoms with Crippen molar-refractivity contribution >= 4 is 73.7 Å². The van der Waals surface area contributed by atoms with Gasteiger partial charge in [0.15, 0.2) is 0 Å². The van der Waals surface area contributed by atoms with E-state index in [-0.39, 0.29) is 0 Å². The van der Waals surface area contributed by atoms with Crippen LogP contribution < -0.4 is 0 Å². The van der Waals surface area contributed by atoms with Crippen molar-refractivity contribution in [2.24, 2.45) is 0 Å². The minimum absolute atomic E-state index is 0.418. The van der Waals surface area contributed by atoms with E-state index < -0.39 is 0 Å². The molecule has 0 aliphatic heterocycles. The Labute approximate surface area is 103 Å². The van der Waals surface area contributed by atoms with Crippen LogP contribution in [0.3, 0.4) is 0 Å². The quantitative estimate of drug-likeness (QED) is 0.502. The fraction of sp³-hybridized carbons (Fsp3) is 0. The summed E-state index contributed by atoms with van der Waals surface area (Å²) in [5.41, 5.74) is 0. The normalized spacial score (nSPS) is 10.5. The summed E-state index contributed by atoms with van der Waals surface area (Å²) < 4.78 is 0. The topological polar surface area (TPSA) is 0 Å². The van der Waals surface area contributed by atoms with Crippen LogP contribution in [0.25, 0.3) is 0 Å². The Morgan fingerprint density at radius 2 is 0.750 bits per heavy atom. The highest BCUT2D eigenvalue weighted by molar-refractivity contribution is 7.85. The zero-order valence-electron chi connectivity index (χ0n) is 5.54. The van der Waals surface area contributed by atoms with Gasteiger partial charge < -0.3 is 0 Å². The maximum absolute atomic E-state index is 5.85. The molecular formula is C6H4Cl2S4. The van der Waals surface area contributed by atoms with E-state index in [2.05, 4.69) is 50.5 Å². The van der Waals surface area contributed by atoms with Gasteiger partial charge in [-0.15, -0.1) is 50.5 Å². The molecule has 66 valence electrons. The van der Waals surface area contributed by atoms with Gasteiger partial charge >= 0.3 is 0 Å². The standard InChI is InChI=1S/C6H4Cl2S4/c7-1-3(9)5(11)2(8)6(12)4(1)10/h9-12H. The van der Waals surface area contributed by atoms with E-state index in [1.807, 2.05) is 0 Å². The van der Waals surface area contributed by atoms with Crippen molar-refractivity contribution in [3.8, 4) is 0 Å². The van der Waals surface area contributed by atoms with E-state index in [4.69, 9.17) is 23.2 Å². The Hall–Kier alpha value is 1.20. The molecule has 1 rings (SSSR count). The summed E-state index contributed by atoms with van der Waals surface area (Å²) in [5.74, 6) is 0. The minimum atomic E-state index is 0.418. The molecule has 0 unspecified atom stereocenters. The van der Waals surface area contributed by atoms with Crippen LogP contribution in [0.4, 0.5) is 0 Å². The zero-order chi connectivity index (χ0) is 9.46. The summed E-state index contributed by atoms with van der Waals surface area (Å²) in [7, 11) is 0. The number of rotatable bonds is 0. The minimum Gasteiger partial charge on any atom is -0.141 e. The summed E-state index contributed by atoms with van der Waals surface area (Å²) in [5, 5.41) is 0.835. The second kappa shape index (κ2) is 4.15. The molecule has 0 spiro atoms. The van der Waals surface area contributed by atoms with Gasteiger partial charge in [0.05, 0.1) is 10.0 Å². The number of hydrogen-bond donors (Lipinski definition) is 4. The van der Waals surface area contributed by atoms with E-state index >= 15 is 0 Å².